The Hall–Kier alpha value is -5.72. The van der Waals surface area contributed by atoms with Gasteiger partial charge < -0.3 is 20.5 Å². The molecule has 0 saturated heterocycles. The molecule has 0 amide bonds. The number of fused-ring (bicyclic) bond motifs is 2. The van der Waals surface area contributed by atoms with Crippen molar-refractivity contribution in [3.05, 3.63) is 89.5 Å². The van der Waals surface area contributed by atoms with Crippen molar-refractivity contribution < 1.29 is 57.9 Å². The molecule has 0 aliphatic carbocycles. The number of hydrogen-bond acceptors (Lipinski definition) is 15. The van der Waals surface area contributed by atoms with E-state index in [1.807, 2.05) is 0 Å². The lowest BCUT2D eigenvalue weighted by atomic mass is 10.0. The highest BCUT2D eigenvalue weighted by molar-refractivity contribution is 7.86. The first-order valence-corrected chi connectivity index (χ1v) is 21.3. The molecule has 0 spiro atoms. The second kappa shape index (κ2) is 14.7. The van der Waals surface area contributed by atoms with Gasteiger partial charge in [-0.2, -0.15) is 35.5 Å². The minimum atomic E-state index is -5.03. The lowest BCUT2D eigenvalue weighted by molar-refractivity contribution is 0.471. The van der Waals surface area contributed by atoms with Gasteiger partial charge in [-0.15, -0.1) is 10.2 Å². The maximum absolute atomic E-state index is 12.3. The SMILES string of the molecule is Cc1cc(-c2ccc(N=Nc3c(S(=O)(=O)O)cc4cc(S(=O)[O-])cc(N)c4c3O)c(C)c2)ccc1N=Nc1c(S(=O)(=O)O)cc2cc(S(=O)(=O)O)cc(C)c2c1O. The van der Waals surface area contributed by atoms with Crippen LogP contribution in [0.3, 0.4) is 0 Å². The van der Waals surface area contributed by atoms with E-state index in [0.29, 0.717) is 22.3 Å². The van der Waals surface area contributed by atoms with Crippen LogP contribution in [0.1, 0.15) is 16.7 Å². The van der Waals surface area contributed by atoms with Gasteiger partial charge in [0.1, 0.15) is 21.2 Å². The second-order valence-corrected chi connectivity index (χ2v) is 17.8. The van der Waals surface area contributed by atoms with Gasteiger partial charge in [0.2, 0.25) is 0 Å². The molecule has 1 unspecified atom stereocenters. The highest BCUT2D eigenvalue weighted by atomic mass is 32.2. The Morgan fingerprint density at radius 2 is 1.04 bits per heavy atom. The molecule has 18 nitrogen and oxygen atoms in total. The Balaban J connectivity index is 1.33. The van der Waals surface area contributed by atoms with E-state index < -0.39 is 79.0 Å². The van der Waals surface area contributed by atoms with E-state index in [2.05, 4.69) is 20.5 Å². The minimum absolute atomic E-state index is 0.00170. The maximum Gasteiger partial charge on any atom is 0.296 e. The van der Waals surface area contributed by atoms with Gasteiger partial charge in [0.25, 0.3) is 30.4 Å². The zero-order chi connectivity index (χ0) is 41.9. The molecule has 57 heavy (non-hydrogen) atoms. The van der Waals surface area contributed by atoms with E-state index in [-0.39, 0.29) is 49.1 Å². The number of aromatic hydroxyl groups is 2. The molecule has 0 aliphatic rings. The largest absolute Gasteiger partial charge is 0.768 e. The third kappa shape index (κ3) is 8.10. The fraction of sp³-hybridized carbons (Fsp3) is 0.0857. The van der Waals surface area contributed by atoms with Crippen LogP contribution in [0.15, 0.2) is 113 Å². The van der Waals surface area contributed by atoms with Crippen LogP contribution in [0.25, 0.3) is 32.7 Å². The molecule has 0 aromatic heterocycles. The molecule has 1 atom stereocenters. The monoisotopic (exact) mass is 854 g/mol. The number of azo groups is 2. The number of nitrogen functional groups attached to an aromatic ring is 1. The molecule has 6 rings (SSSR count). The number of rotatable bonds is 9. The van der Waals surface area contributed by atoms with Crippen LogP contribution in [-0.4, -0.2) is 57.9 Å². The molecule has 6 aromatic rings. The zero-order valence-electron chi connectivity index (χ0n) is 29.4. The molecular weight excluding hydrogens is 827 g/mol. The maximum atomic E-state index is 12.3. The summed E-state index contributed by atoms with van der Waals surface area (Å²) in [7, 11) is -14.7. The highest BCUT2D eigenvalue weighted by Gasteiger charge is 2.26. The molecule has 7 N–H and O–H groups in total. The van der Waals surface area contributed by atoms with E-state index in [4.69, 9.17) is 5.73 Å². The van der Waals surface area contributed by atoms with Crippen molar-refractivity contribution in [2.45, 2.75) is 40.4 Å². The van der Waals surface area contributed by atoms with Gasteiger partial charge in [-0.1, -0.05) is 12.1 Å². The third-order valence-electron chi connectivity index (χ3n) is 8.76. The number of nitrogens with two attached hydrogens (primary N) is 1. The predicted molar refractivity (Wildman–Crippen MR) is 207 cm³/mol. The molecule has 0 saturated carbocycles. The van der Waals surface area contributed by atoms with E-state index in [9.17, 15) is 57.9 Å². The number of phenols is 2. The van der Waals surface area contributed by atoms with Gasteiger partial charge in [0, 0.05) is 21.4 Å². The van der Waals surface area contributed by atoms with Gasteiger partial charge in [0.15, 0.2) is 11.5 Å². The Kier molecular flexibility index (Phi) is 10.5. The Morgan fingerprint density at radius 3 is 1.46 bits per heavy atom. The standard InChI is InChI=1S/C35H29N5O13S4/c1-16-8-19(4-6-26(16)37-39-32-29(57(51,52)53)14-22-12-24(55(45,46)47)10-18(3)30(22)34(32)41)20-5-7-27(17(2)9-20)38-40-33-28(56(48,49)50)13-21-11-23(54(43)44)15-25(36)31(21)35(33)42/h4-15,41-42H,36H2,1-3H3,(H,43,44)(H,45,46,47)(H,48,49,50)(H,51,52,53)/p-1. The smallest absolute Gasteiger partial charge is 0.296 e. The van der Waals surface area contributed by atoms with Crippen molar-refractivity contribution in [3.8, 4) is 22.6 Å². The van der Waals surface area contributed by atoms with Gasteiger partial charge in [-0.3, -0.25) is 17.9 Å². The fourth-order valence-corrected chi connectivity index (χ4v) is 8.45. The topological polar surface area (TPSA) is 319 Å². The van der Waals surface area contributed by atoms with Crippen LogP contribution in [0.2, 0.25) is 0 Å². The molecule has 22 heteroatoms. The molecule has 296 valence electrons. The van der Waals surface area contributed by atoms with E-state index in [1.165, 1.54) is 6.92 Å². The molecule has 6 aromatic carbocycles. The molecule has 0 radical (unpaired) electrons. The summed E-state index contributed by atoms with van der Waals surface area (Å²) in [5.41, 5.74) is 7.55. The number of aryl methyl sites for hydroxylation is 3. The van der Waals surface area contributed by atoms with Crippen molar-refractivity contribution in [2.75, 3.05) is 5.73 Å². The average Bonchev–Trinajstić information content (AvgIpc) is 3.09. The van der Waals surface area contributed by atoms with Gasteiger partial charge in [0.05, 0.1) is 16.3 Å². The number of nitrogens with zero attached hydrogens (tertiary/aromatic N) is 4. The van der Waals surface area contributed by atoms with Crippen LogP contribution in [0.5, 0.6) is 11.5 Å². The molecule has 0 aliphatic heterocycles. The second-order valence-electron chi connectivity index (χ2n) is 12.7. The van der Waals surface area contributed by atoms with Crippen molar-refractivity contribution in [1.29, 1.82) is 0 Å². The fourth-order valence-electron chi connectivity index (χ4n) is 6.09. The Bertz CT molecular complexity index is 3150. The van der Waals surface area contributed by atoms with Crippen LogP contribution < -0.4 is 5.73 Å². The molecular formula is C35H28N5O13S4-. The normalized spacial score (nSPS) is 13.3. The Labute approximate surface area is 326 Å². The molecule has 0 heterocycles. The van der Waals surface area contributed by atoms with E-state index in [1.54, 1.807) is 50.2 Å². The first kappa shape index (κ1) is 40.9. The summed E-state index contributed by atoms with van der Waals surface area (Å²) in [6, 6.07) is 15.8. The third-order valence-corrected chi connectivity index (χ3v) is 11.9. The predicted octanol–water partition coefficient (Wildman–Crippen LogP) is 7.39. The van der Waals surface area contributed by atoms with Gasteiger partial charge >= 0.3 is 0 Å². The summed E-state index contributed by atoms with van der Waals surface area (Å²) in [5, 5.41) is 37.8. The summed E-state index contributed by atoms with van der Waals surface area (Å²) >= 11 is -2.73. The lowest BCUT2D eigenvalue weighted by Gasteiger charge is -2.13. The van der Waals surface area contributed by atoms with Crippen LogP contribution in [-0.2, 0) is 41.4 Å². The number of phenolic OH excluding ortho intramolecular Hbond substituents is 2. The van der Waals surface area contributed by atoms with Gasteiger partial charge in [-0.05, 0) is 131 Å². The first-order chi connectivity index (χ1) is 26.4. The van der Waals surface area contributed by atoms with Crippen molar-refractivity contribution >= 4 is 91.4 Å². The quantitative estimate of drug-likeness (QED) is 0.0357. The van der Waals surface area contributed by atoms with Crippen LogP contribution in [0, 0.1) is 20.8 Å². The van der Waals surface area contributed by atoms with E-state index in [0.717, 1.165) is 36.4 Å². The number of anilines is 1. The van der Waals surface area contributed by atoms with Crippen LogP contribution in [0.4, 0.5) is 28.4 Å². The summed E-state index contributed by atoms with van der Waals surface area (Å²) in [4.78, 5) is -2.56. The van der Waals surface area contributed by atoms with Crippen LogP contribution >= 0.6 is 0 Å². The van der Waals surface area contributed by atoms with Crippen molar-refractivity contribution in [1.82, 2.24) is 0 Å². The molecule has 0 fully saturated rings. The Morgan fingerprint density at radius 1 is 0.579 bits per heavy atom. The van der Waals surface area contributed by atoms with Crippen molar-refractivity contribution in [2.24, 2.45) is 20.5 Å². The van der Waals surface area contributed by atoms with Gasteiger partial charge in [-0.25, -0.2) is 0 Å². The highest BCUT2D eigenvalue weighted by Crippen LogP contribution is 2.46. The lowest BCUT2D eigenvalue weighted by Crippen LogP contribution is -2.02. The number of hydrogen-bond donors (Lipinski definition) is 6. The number of benzene rings is 6. The summed E-state index contributed by atoms with van der Waals surface area (Å²) in [6.45, 7) is 4.76. The first-order valence-electron chi connectivity index (χ1n) is 15.9. The molecule has 0 bridgehead atoms. The summed E-state index contributed by atoms with van der Waals surface area (Å²) < 4.78 is 125. The van der Waals surface area contributed by atoms with E-state index >= 15 is 0 Å². The zero-order valence-corrected chi connectivity index (χ0v) is 32.7. The average molecular weight is 855 g/mol. The summed E-state index contributed by atoms with van der Waals surface area (Å²) in [6.07, 6.45) is 0. The summed E-state index contributed by atoms with van der Waals surface area (Å²) in [5.74, 6) is -1.48. The minimum Gasteiger partial charge on any atom is -0.768 e. The van der Waals surface area contributed by atoms with Crippen molar-refractivity contribution in [3.63, 3.8) is 0 Å².